The molecule has 8 heteroatoms. The molecule has 3 heterocycles. The van der Waals surface area contributed by atoms with Gasteiger partial charge in [0.2, 0.25) is 11.8 Å². The maximum Gasteiger partial charge on any atom is 0.264 e. The van der Waals surface area contributed by atoms with E-state index in [0.717, 1.165) is 36.8 Å². The first kappa shape index (κ1) is 16.0. The van der Waals surface area contributed by atoms with E-state index >= 15 is 0 Å². The van der Waals surface area contributed by atoms with Crippen LogP contribution in [0.5, 0.6) is 0 Å². The van der Waals surface area contributed by atoms with Gasteiger partial charge in [0.1, 0.15) is 6.04 Å². The molecule has 2 N–H and O–H groups in total. The Morgan fingerprint density at radius 3 is 2.48 bits per heavy atom. The van der Waals surface area contributed by atoms with E-state index in [1.54, 1.807) is 0 Å². The minimum absolute atomic E-state index is 0.138. The van der Waals surface area contributed by atoms with E-state index in [0.29, 0.717) is 24.0 Å². The van der Waals surface area contributed by atoms with Crippen molar-refractivity contribution in [2.24, 2.45) is 0 Å². The van der Waals surface area contributed by atoms with E-state index in [2.05, 4.69) is 15.5 Å². The number of hydrogen-bond donors (Lipinski definition) is 2. The Labute approximate surface area is 144 Å². The third-order valence-corrected chi connectivity index (χ3v) is 5.18. The number of carbonyl (C=O) groups is 4. The molecule has 1 atom stereocenters. The van der Waals surface area contributed by atoms with Gasteiger partial charge in [-0.3, -0.25) is 29.4 Å². The van der Waals surface area contributed by atoms with Crippen LogP contribution in [0.2, 0.25) is 0 Å². The summed E-state index contributed by atoms with van der Waals surface area (Å²) in [6.07, 6.45) is 3.57. The van der Waals surface area contributed by atoms with Crippen molar-refractivity contribution in [3.05, 3.63) is 22.9 Å². The quantitative estimate of drug-likeness (QED) is 0.626. The zero-order chi connectivity index (χ0) is 17.6. The van der Waals surface area contributed by atoms with E-state index in [9.17, 15) is 19.2 Å². The molecule has 3 aliphatic heterocycles. The van der Waals surface area contributed by atoms with E-state index < -0.39 is 17.9 Å². The summed E-state index contributed by atoms with van der Waals surface area (Å²) in [6, 6.07) is -0.896. The lowest BCUT2D eigenvalue weighted by Crippen LogP contribution is -2.55. The molecule has 8 nitrogen and oxygen atoms in total. The fourth-order valence-electron chi connectivity index (χ4n) is 3.95. The molecule has 0 radical (unpaired) electrons. The Hall–Kier alpha value is -2.48. The Balaban J connectivity index is 1.63. The van der Waals surface area contributed by atoms with Crippen molar-refractivity contribution < 1.29 is 19.2 Å². The maximum absolute atomic E-state index is 13.0. The highest BCUT2D eigenvalue weighted by Gasteiger charge is 2.47. The standard InChI is InChI=1S/C17H20N4O4/c22-13-5-4-12(15(23)19-13)21-16(24)10-2-1-3-11(14(10)17(21)25)20-8-6-18-7-9-20/h3,12,18H,1-2,4-9H2,(H,19,22,23). The Bertz CT molecular complexity index is 733. The average molecular weight is 344 g/mol. The summed E-state index contributed by atoms with van der Waals surface area (Å²) in [4.78, 5) is 52.5. The Morgan fingerprint density at radius 1 is 1.00 bits per heavy atom. The van der Waals surface area contributed by atoms with Crippen LogP contribution in [-0.4, -0.2) is 65.6 Å². The van der Waals surface area contributed by atoms with E-state index in [4.69, 9.17) is 0 Å². The molecule has 0 aromatic heterocycles. The molecule has 0 spiro atoms. The number of rotatable bonds is 2. The zero-order valence-electron chi connectivity index (χ0n) is 13.8. The highest BCUT2D eigenvalue weighted by molar-refractivity contribution is 6.23. The van der Waals surface area contributed by atoms with Gasteiger partial charge in [-0.05, 0) is 19.3 Å². The van der Waals surface area contributed by atoms with Gasteiger partial charge >= 0.3 is 0 Å². The van der Waals surface area contributed by atoms with Gasteiger partial charge in [-0.1, -0.05) is 6.08 Å². The van der Waals surface area contributed by atoms with Crippen molar-refractivity contribution in [3.8, 4) is 0 Å². The smallest absolute Gasteiger partial charge is 0.264 e. The lowest BCUT2D eigenvalue weighted by Gasteiger charge is -2.33. The summed E-state index contributed by atoms with van der Waals surface area (Å²) >= 11 is 0. The molecular weight excluding hydrogens is 324 g/mol. The fourth-order valence-corrected chi connectivity index (χ4v) is 3.95. The molecule has 132 valence electrons. The van der Waals surface area contributed by atoms with Crippen molar-refractivity contribution in [1.29, 1.82) is 0 Å². The molecule has 2 saturated heterocycles. The third-order valence-electron chi connectivity index (χ3n) is 5.18. The molecular formula is C17H20N4O4. The van der Waals surface area contributed by atoms with Crippen LogP contribution in [0.3, 0.4) is 0 Å². The van der Waals surface area contributed by atoms with Gasteiger partial charge < -0.3 is 10.2 Å². The second kappa shape index (κ2) is 6.11. The SMILES string of the molecule is O=C1CCC(N2C(=O)C3=C(C2=O)C(N2CCNCC2)=CCC3)C(=O)N1. The van der Waals surface area contributed by atoms with Crippen molar-refractivity contribution in [3.63, 3.8) is 0 Å². The van der Waals surface area contributed by atoms with Crippen LogP contribution in [-0.2, 0) is 19.2 Å². The molecule has 2 fully saturated rings. The maximum atomic E-state index is 13.0. The molecule has 4 rings (SSSR count). The third kappa shape index (κ3) is 2.57. The van der Waals surface area contributed by atoms with Crippen LogP contribution in [0.25, 0.3) is 0 Å². The summed E-state index contributed by atoms with van der Waals surface area (Å²) in [7, 11) is 0. The Kier molecular flexibility index (Phi) is 3.91. The van der Waals surface area contributed by atoms with Crippen LogP contribution in [0.4, 0.5) is 0 Å². The van der Waals surface area contributed by atoms with E-state index in [1.165, 1.54) is 0 Å². The zero-order valence-corrected chi connectivity index (χ0v) is 13.8. The lowest BCUT2D eigenvalue weighted by molar-refractivity contribution is -0.150. The number of hydrogen-bond acceptors (Lipinski definition) is 6. The number of piperazine rings is 1. The van der Waals surface area contributed by atoms with Gasteiger partial charge in [-0.15, -0.1) is 0 Å². The van der Waals surface area contributed by atoms with Gasteiger partial charge in [0, 0.05) is 43.9 Å². The first-order valence-electron chi connectivity index (χ1n) is 8.69. The molecule has 0 bridgehead atoms. The van der Waals surface area contributed by atoms with E-state index in [-0.39, 0.29) is 24.7 Å². The minimum atomic E-state index is -0.896. The molecule has 4 aliphatic rings. The van der Waals surface area contributed by atoms with Gasteiger partial charge in [0.15, 0.2) is 0 Å². The second-order valence-electron chi connectivity index (χ2n) is 6.67. The lowest BCUT2D eigenvalue weighted by atomic mass is 9.95. The molecule has 1 unspecified atom stereocenters. The number of allylic oxidation sites excluding steroid dienone is 1. The number of carbonyl (C=O) groups excluding carboxylic acids is 4. The number of piperidine rings is 1. The summed E-state index contributed by atoms with van der Waals surface area (Å²) in [6.45, 7) is 3.23. The highest BCUT2D eigenvalue weighted by Crippen LogP contribution is 2.37. The normalized spacial score (nSPS) is 27.5. The highest BCUT2D eigenvalue weighted by atomic mass is 16.2. The molecule has 4 amide bonds. The summed E-state index contributed by atoms with van der Waals surface area (Å²) in [5.41, 5.74) is 1.77. The van der Waals surface area contributed by atoms with Crippen LogP contribution >= 0.6 is 0 Å². The number of amides is 4. The Morgan fingerprint density at radius 2 is 1.76 bits per heavy atom. The topological polar surface area (TPSA) is 98.8 Å². The molecule has 25 heavy (non-hydrogen) atoms. The largest absolute Gasteiger partial charge is 0.369 e. The summed E-state index contributed by atoms with van der Waals surface area (Å²) in [5.74, 6) is -1.71. The monoisotopic (exact) mass is 344 g/mol. The number of imide groups is 2. The van der Waals surface area contributed by atoms with Gasteiger partial charge in [0.25, 0.3) is 11.8 Å². The van der Waals surface area contributed by atoms with Crippen molar-refractivity contribution >= 4 is 23.6 Å². The van der Waals surface area contributed by atoms with Crippen molar-refractivity contribution in [1.82, 2.24) is 20.4 Å². The van der Waals surface area contributed by atoms with Crippen molar-refractivity contribution in [2.45, 2.75) is 31.7 Å². The number of nitrogens with zero attached hydrogens (tertiary/aromatic N) is 2. The summed E-state index contributed by atoms with van der Waals surface area (Å²) in [5, 5.41) is 5.50. The second-order valence-corrected chi connectivity index (χ2v) is 6.67. The molecule has 1 aliphatic carbocycles. The predicted octanol–water partition coefficient (Wildman–Crippen LogP) is -0.960. The fraction of sp³-hybridized carbons (Fsp3) is 0.529. The first-order valence-corrected chi connectivity index (χ1v) is 8.69. The number of nitrogens with one attached hydrogen (secondary N) is 2. The van der Waals surface area contributed by atoms with E-state index in [1.807, 2.05) is 6.08 Å². The molecule has 0 aromatic carbocycles. The van der Waals surface area contributed by atoms with Gasteiger partial charge in [-0.25, -0.2) is 0 Å². The van der Waals surface area contributed by atoms with Crippen LogP contribution in [0.15, 0.2) is 22.9 Å². The first-order chi connectivity index (χ1) is 12.1. The summed E-state index contributed by atoms with van der Waals surface area (Å²) < 4.78 is 0. The molecule has 0 aromatic rings. The van der Waals surface area contributed by atoms with Gasteiger partial charge in [-0.2, -0.15) is 0 Å². The van der Waals surface area contributed by atoms with Gasteiger partial charge in [0.05, 0.1) is 5.57 Å². The average Bonchev–Trinajstić information content (AvgIpc) is 2.87. The van der Waals surface area contributed by atoms with Crippen LogP contribution in [0.1, 0.15) is 25.7 Å². The minimum Gasteiger partial charge on any atom is -0.369 e. The van der Waals surface area contributed by atoms with Crippen molar-refractivity contribution in [2.75, 3.05) is 26.2 Å². The van der Waals surface area contributed by atoms with Crippen LogP contribution in [0, 0.1) is 0 Å². The molecule has 0 saturated carbocycles. The predicted molar refractivity (Wildman–Crippen MR) is 86.8 cm³/mol. The van der Waals surface area contributed by atoms with Crippen LogP contribution < -0.4 is 10.6 Å².